The van der Waals surface area contributed by atoms with E-state index in [4.69, 9.17) is 14.2 Å². The van der Waals surface area contributed by atoms with Gasteiger partial charge in [-0.1, -0.05) is 12.1 Å². The minimum Gasteiger partial charge on any atom is -0.493 e. The van der Waals surface area contributed by atoms with Crippen LogP contribution in [0.25, 0.3) is 0 Å². The number of hydrogen-bond acceptors (Lipinski definition) is 5. The van der Waals surface area contributed by atoms with Gasteiger partial charge in [0.05, 0.1) is 27.0 Å². The molecule has 1 fully saturated rings. The molecule has 0 saturated carbocycles. The summed E-state index contributed by atoms with van der Waals surface area (Å²) in [6, 6.07) is 8.82. The number of aryl methyl sites for hydroxylation is 2. The fourth-order valence-corrected chi connectivity index (χ4v) is 4.09. The quantitative estimate of drug-likeness (QED) is 0.689. The molecule has 168 valence electrons. The lowest BCUT2D eigenvalue weighted by Gasteiger charge is -2.35. The van der Waals surface area contributed by atoms with Gasteiger partial charge in [-0.2, -0.15) is 0 Å². The Morgan fingerprint density at radius 1 is 1.13 bits per heavy atom. The van der Waals surface area contributed by atoms with Crippen LogP contribution >= 0.6 is 0 Å². The van der Waals surface area contributed by atoms with Crippen LogP contribution in [-0.4, -0.2) is 46.4 Å². The Kier molecular flexibility index (Phi) is 7.60. The van der Waals surface area contributed by atoms with Gasteiger partial charge in [0.1, 0.15) is 5.82 Å². The number of carbonyl (C=O) groups is 1. The molecule has 6 nitrogen and oxygen atoms in total. The molecule has 2 aromatic rings. The standard InChI is InChI=1S/C24H31FN2O4/c1-16-7-10-19(25)20(14-16)27-13-5-6-18(15-27)26-22(28)12-9-17-8-11-21(29-2)24(31-4)23(17)30-3/h7-8,10-11,14,18H,5-6,9,12-13,15H2,1-4H3,(H,26,28). The summed E-state index contributed by atoms with van der Waals surface area (Å²) in [5, 5.41) is 3.11. The number of carbonyl (C=O) groups excluding carboxylic acids is 1. The molecule has 1 aliphatic rings. The lowest BCUT2D eigenvalue weighted by atomic mass is 10.0. The van der Waals surface area contributed by atoms with Gasteiger partial charge in [0.15, 0.2) is 11.5 Å². The number of anilines is 1. The summed E-state index contributed by atoms with van der Waals surface area (Å²) >= 11 is 0. The second kappa shape index (κ2) is 10.4. The molecular formula is C24H31FN2O4. The zero-order valence-corrected chi connectivity index (χ0v) is 18.7. The van der Waals surface area contributed by atoms with Crippen LogP contribution in [-0.2, 0) is 11.2 Å². The third-order valence-electron chi connectivity index (χ3n) is 5.64. The molecule has 1 aliphatic heterocycles. The average molecular weight is 431 g/mol. The Balaban J connectivity index is 1.60. The van der Waals surface area contributed by atoms with Crippen LogP contribution in [0, 0.1) is 12.7 Å². The van der Waals surface area contributed by atoms with E-state index in [9.17, 15) is 9.18 Å². The van der Waals surface area contributed by atoms with Gasteiger partial charge in [-0.25, -0.2) is 4.39 Å². The predicted octanol–water partition coefficient (Wildman–Crippen LogP) is 3.88. The highest BCUT2D eigenvalue weighted by molar-refractivity contribution is 5.77. The summed E-state index contributed by atoms with van der Waals surface area (Å²) < 4.78 is 30.5. The number of nitrogens with one attached hydrogen (secondary N) is 1. The number of piperidine rings is 1. The molecule has 0 aromatic heterocycles. The first kappa shape index (κ1) is 22.7. The van der Waals surface area contributed by atoms with Gasteiger partial charge in [0, 0.05) is 25.6 Å². The first-order valence-electron chi connectivity index (χ1n) is 10.5. The Bertz CT molecular complexity index is 919. The number of rotatable bonds is 8. The molecule has 31 heavy (non-hydrogen) atoms. The van der Waals surface area contributed by atoms with Crippen LogP contribution < -0.4 is 24.4 Å². The number of nitrogens with zero attached hydrogens (tertiary/aromatic N) is 1. The van der Waals surface area contributed by atoms with E-state index in [1.165, 1.54) is 6.07 Å². The van der Waals surface area contributed by atoms with E-state index in [2.05, 4.69) is 5.32 Å². The third-order valence-corrected chi connectivity index (χ3v) is 5.64. The van der Waals surface area contributed by atoms with E-state index in [0.717, 1.165) is 30.5 Å². The molecule has 1 heterocycles. The summed E-state index contributed by atoms with van der Waals surface area (Å²) in [4.78, 5) is 14.6. The SMILES string of the molecule is COc1ccc(CCC(=O)NC2CCCN(c3cc(C)ccc3F)C2)c(OC)c1OC. The predicted molar refractivity (Wildman–Crippen MR) is 119 cm³/mol. The van der Waals surface area contributed by atoms with Crippen LogP contribution in [0.15, 0.2) is 30.3 Å². The van der Waals surface area contributed by atoms with Crippen molar-refractivity contribution in [3.05, 3.63) is 47.3 Å². The highest BCUT2D eigenvalue weighted by atomic mass is 19.1. The number of benzene rings is 2. The first-order chi connectivity index (χ1) is 15.0. The van der Waals surface area contributed by atoms with Crippen LogP contribution in [0.1, 0.15) is 30.4 Å². The van der Waals surface area contributed by atoms with E-state index < -0.39 is 0 Å². The van der Waals surface area contributed by atoms with Crippen molar-refractivity contribution < 1.29 is 23.4 Å². The fraction of sp³-hybridized carbons (Fsp3) is 0.458. The van der Waals surface area contributed by atoms with Crippen molar-refractivity contribution in [1.82, 2.24) is 5.32 Å². The molecule has 0 aliphatic carbocycles. The monoisotopic (exact) mass is 430 g/mol. The molecule has 0 radical (unpaired) electrons. The van der Waals surface area contributed by atoms with Crippen molar-refractivity contribution in [2.45, 2.75) is 38.6 Å². The van der Waals surface area contributed by atoms with Gasteiger partial charge in [0.2, 0.25) is 11.7 Å². The van der Waals surface area contributed by atoms with Gasteiger partial charge in [0.25, 0.3) is 0 Å². The fourth-order valence-electron chi connectivity index (χ4n) is 4.09. The zero-order chi connectivity index (χ0) is 22.4. The van der Waals surface area contributed by atoms with E-state index in [1.807, 2.05) is 30.0 Å². The topological polar surface area (TPSA) is 60.0 Å². The number of ether oxygens (including phenoxy) is 3. The Hall–Kier alpha value is -2.96. The van der Waals surface area contributed by atoms with Crippen LogP contribution in [0.4, 0.5) is 10.1 Å². The largest absolute Gasteiger partial charge is 0.493 e. The van der Waals surface area contributed by atoms with Gasteiger partial charge >= 0.3 is 0 Å². The lowest BCUT2D eigenvalue weighted by Crippen LogP contribution is -2.48. The lowest BCUT2D eigenvalue weighted by molar-refractivity contribution is -0.121. The Morgan fingerprint density at radius 3 is 2.61 bits per heavy atom. The molecule has 2 aromatic carbocycles. The van der Waals surface area contributed by atoms with Crippen LogP contribution in [0.2, 0.25) is 0 Å². The molecule has 7 heteroatoms. The van der Waals surface area contributed by atoms with Crippen molar-refractivity contribution in [2.24, 2.45) is 0 Å². The molecule has 1 unspecified atom stereocenters. The molecule has 3 rings (SSSR count). The Morgan fingerprint density at radius 2 is 1.90 bits per heavy atom. The van der Waals surface area contributed by atoms with Crippen LogP contribution in [0.5, 0.6) is 17.2 Å². The number of hydrogen-bond donors (Lipinski definition) is 1. The molecule has 0 spiro atoms. The second-order valence-electron chi connectivity index (χ2n) is 7.80. The maximum Gasteiger partial charge on any atom is 0.220 e. The van der Waals surface area contributed by atoms with Gasteiger partial charge < -0.3 is 24.4 Å². The molecular weight excluding hydrogens is 399 g/mol. The van der Waals surface area contributed by atoms with Crippen molar-refractivity contribution in [3.63, 3.8) is 0 Å². The van der Waals surface area contributed by atoms with E-state index in [-0.39, 0.29) is 17.8 Å². The molecule has 1 atom stereocenters. The second-order valence-corrected chi connectivity index (χ2v) is 7.80. The Labute approximate surface area is 183 Å². The van der Waals surface area contributed by atoms with Crippen molar-refractivity contribution in [1.29, 1.82) is 0 Å². The number of amides is 1. The van der Waals surface area contributed by atoms with Crippen LogP contribution in [0.3, 0.4) is 0 Å². The number of methoxy groups -OCH3 is 3. The van der Waals surface area contributed by atoms with Gasteiger partial charge in [-0.05, 0) is 55.5 Å². The third kappa shape index (κ3) is 5.40. The first-order valence-corrected chi connectivity index (χ1v) is 10.5. The molecule has 1 N–H and O–H groups in total. The van der Waals surface area contributed by atoms with Crippen molar-refractivity contribution in [3.8, 4) is 17.2 Å². The minimum atomic E-state index is -0.224. The molecule has 0 bridgehead atoms. The highest BCUT2D eigenvalue weighted by Gasteiger charge is 2.24. The summed E-state index contributed by atoms with van der Waals surface area (Å²) in [5.41, 5.74) is 2.50. The average Bonchev–Trinajstić information content (AvgIpc) is 2.78. The van der Waals surface area contributed by atoms with Crippen molar-refractivity contribution >= 4 is 11.6 Å². The normalized spacial score (nSPS) is 16.0. The van der Waals surface area contributed by atoms with Crippen molar-refractivity contribution in [2.75, 3.05) is 39.3 Å². The maximum atomic E-state index is 14.3. The highest BCUT2D eigenvalue weighted by Crippen LogP contribution is 2.40. The number of halogens is 1. The smallest absolute Gasteiger partial charge is 0.220 e. The summed E-state index contributed by atoms with van der Waals surface area (Å²) in [7, 11) is 4.70. The van der Waals surface area contributed by atoms with E-state index in [1.54, 1.807) is 27.4 Å². The zero-order valence-electron chi connectivity index (χ0n) is 18.7. The summed E-state index contributed by atoms with van der Waals surface area (Å²) in [6.07, 6.45) is 2.62. The van der Waals surface area contributed by atoms with E-state index >= 15 is 0 Å². The van der Waals surface area contributed by atoms with Gasteiger partial charge in [-0.15, -0.1) is 0 Å². The van der Waals surface area contributed by atoms with E-state index in [0.29, 0.717) is 42.3 Å². The van der Waals surface area contributed by atoms with Gasteiger partial charge in [-0.3, -0.25) is 4.79 Å². The molecule has 1 amide bonds. The summed E-state index contributed by atoms with van der Waals surface area (Å²) in [6.45, 7) is 3.34. The minimum absolute atomic E-state index is 0.00605. The summed E-state index contributed by atoms with van der Waals surface area (Å²) in [5.74, 6) is 1.42. The maximum absolute atomic E-state index is 14.3. The molecule has 1 saturated heterocycles.